The third-order valence-corrected chi connectivity index (χ3v) is 2.79. The van der Waals surface area contributed by atoms with E-state index in [2.05, 4.69) is 4.98 Å². The van der Waals surface area contributed by atoms with Crippen molar-refractivity contribution in [3.63, 3.8) is 0 Å². The van der Waals surface area contributed by atoms with Gasteiger partial charge in [0.25, 0.3) is 0 Å². The summed E-state index contributed by atoms with van der Waals surface area (Å²) >= 11 is 0. The number of carboxylic acid groups (broad SMARTS) is 1. The Bertz CT molecular complexity index is 647. The Morgan fingerprint density at radius 1 is 1.35 bits per heavy atom. The number of hydrogen-bond donors (Lipinski definition) is 1. The van der Waals surface area contributed by atoms with Gasteiger partial charge in [0.1, 0.15) is 0 Å². The molecule has 1 aromatic carbocycles. The van der Waals surface area contributed by atoms with Gasteiger partial charge in [0.05, 0.1) is 23.1 Å². The number of rotatable bonds is 3. The van der Waals surface area contributed by atoms with E-state index < -0.39 is 23.3 Å². The first kappa shape index (κ1) is 14.1. The largest absolute Gasteiger partial charge is 0.478 e. The van der Waals surface area contributed by atoms with E-state index in [1.54, 1.807) is 6.20 Å². The number of aromatic carboxylic acids is 1. The molecule has 4 nitrogen and oxygen atoms in total. The molecule has 0 spiro atoms. The summed E-state index contributed by atoms with van der Waals surface area (Å²) in [4.78, 5) is 14.9. The summed E-state index contributed by atoms with van der Waals surface area (Å²) in [5, 5.41) is 8.91. The van der Waals surface area contributed by atoms with Crippen LogP contribution in [0.3, 0.4) is 0 Å². The normalized spacial score (nSPS) is 11.6. The maximum Gasteiger partial charge on any atom is 0.416 e. The number of carboxylic acids is 1. The molecule has 0 atom stereocenters. The monoisotopic (exact) mass is 284 g/mol. The van der Waals surface area contributed by atoms with Crippen molar-refractivity contribution in [1.82, 2.24) is 9.55 Å². The van der Waals surface area contributed by atoms with Gasteiger partial charge >= 0.3 is 12.1 Å². The summed E-state index contributed by atoms with van der Waals surface area (Å²) in [5.74, 6) is -1.41. The molecule has 2 rings (SSSR count). The average Bonchev–Trinajstić information content (AvgIpc) is 2.86. The highest BCUT2D eigenvalue weighted by Crippen LogP contribution is 2.31. The van der Waals surface area contributed by atoms with Crippen molar-refractivity contribution in [1.29, 1.82) is 0 Å². The first-order valence-electron chi connectivity index (χ1n) is 5.80. The fraction of sp³-hybridized carbons (Fsp3) is 0.231. The highest BCUT2D eigenvalue weighted by Gasteiger charge is 2.32. The lowest BCUT2D eigenvalue weighted by molar-refractivity contribution is -0.137. The van der Waals surface area contributed by atoms with Crippen LogP contribution in [-0.4, -0.2) is 20.6 Å². The van der Waals surface area contributed by atoms with Crippen molar-refractivity contribution in [3.05, 3.63) is 47.5 Å². The fourth-order valence-electron chi connectivity index (χ4n) is 1.73. The number of hydrogen-bond acceptors (Lipinski definition) is 2. The summed E-state index contributed by atoms with van der Waals surface area (Å²) in [6, 6.07) is 2.69. The predicted molar refractivity (Wildman–Crippen MR) is 64.9 cm³/mol. The number of benzene rings is 1. The number of imidazole rings is 1. The zero-order chi connectivity index (χ0) is 14.9. The molecular weight excluding hydrogens is 273 g/mol. The highest BCUT2D eigenvalue weighted by atomic mass is 19.4. The standard InChI is InChI=1S/C13H11F3N2O2/c1-2-10-6-18(7-17-10)11-4-8(12(19)20)3-9(5-11)13(14,15)16/h3-7H,2H2,1H3,(H,19,20). The van der Waals surface area contributed by atoms with E-state index in [0.29, 0.717) is 18.2 Å². The van der Waals surface area contributed by atoms with Gasteiger partial charge in [-0.1, -0.05) is 6.92 Å². The molecule has 1 N–H and O–H groups in total. The number of aromatic nitrogens is 2. The van der Waals surface area contributed by atoms with E-state index in [1.165, 1.54) is 17.0 Å². The van der Waals surface area contributed by atoms with Crippen LogP contribution in [0.25, 0.3) is 5.69 Å². The molecule has 106 valence electrons. The van der Waals surface area contributed by atoms with Crippen LogP contribution in [0, 0.1) is 0 Å². The Morgan fingerprint density at radius 3 is 2.55 bits per heavy atom. The number of alkyl halides is 3. The minimum atomic E-state index is -4.60. The van der Waals surface area contributed by atoms with Gasteiger partial charge in [-0.15, -0.1) is 0 Å². The van der Waals surface area contributed by atoms with E-state index >= 15 is 0 Å². The molecule has 0 saturated carbocycles. The number of halogens is 3. The lowest BCUT2D eigenvalue weighted by atomic mass is 10.1. The van der Waals surface area contributed by atoms with Crippen molar-refractivity contribution in [2.45, 2.75) is 19.5 Å². The van der Waals surface area contributed by atoms with E-state index in [0.717, 1.165) is 6.07 Å². The Balaban J connectivity index is 2.57. The summed E-state index contributed by atoms with van der Waals surface area (Å²) < 4.78 is 39.7. The average molecular weight is 284 g/mol. The van der Waals surface area contributed by atoms with E-state index in [9.17, 15) is 18.0 Å². The lowest BCUT2D eigenvalue weighted by Crippen LogP contribution is -2.09. The highest BCUT2D eigenvalue weighted by molar-refractivity contribution is 5.88. The molecule has 0 saturated heterocycles. The van der Waals surface area contributed by atoms with Crippen molar-refractivity contribution in [3.8, 4) is 5.69 Å². The van der Waals surface area contributed by atoms with Crippen molar-refractivity contribution in [2.24, 2.45) is 0 Å². The zero-order valence-corrected chi connectivity index (χ0v) is 10.5. The molecule has 0 unspecified atom stereocenters. The summed E-state index contributed by atoms with van der Waals surface area (Å²) in [6.45, 7) is 1.86. The molecule has 0 aliphatic heterocycles. The summed E-state index contributed by atoms with van der Waals surface area (Å²) in [7, 11) is 0. The maximum absolute atomic E-state index is 12.8. The van der Waals surface area contributed by atoms with Gasteiger partial charge in [-0.2, -0.15) is 13.2 Å². The Hall–Kier alpha value is -2.31. The van der Waals surface area contributed by atoms with Crippen molar-refractivity contribution < 1.29 is 23.1 Å². The third kappa shape index (κ3) is 2.81. The van der Waals surface area contributed by atoms with Gasteiger partial charge in [0.2, 0.25) is 0 Å². The first-order chi connectivity index (χ1) is 9.31. The second-order valence-electron chi connectivity index (χ2n) is 4.20. The second kappa shape index (κ2) is 4.99. The van der Waals surface area contributed by atoms with Crippen LogP contribution in [0.5, 0.6) is 0 Å². The van der Waals surface area contributed by atoms with Gasteiger partial charge in [0.15, 0.2) is 0 Å². The molecule has 1 aromatic heterocycles. The quantitative estimate of drug-likeness (QED) is 0.942. The molecule has 0 fully saturated rings. The Morgan fingerprint density at radius 2 is 2.05 bits per heavy atom. The molecule has 7 heteroatoms. The smallest absolute Gasteiger partial charge is 0.416 e. The maximum atomic E-state index is 12.8. The molecule has 0 radical (unpaired) electrons. The van der Waals surface area contributed by atoms with Gasteiger partial charge < -0.3 is 9.67 Å². The number of nitrogens with zero attached hydrogens (tertiary/aromatic N) is 2. The van der Waals surface area contributed by atoms with Crippen LogP contribution >= 0.6 is 0 Å². The molecule has 0 aliphatic carbocycles. The van der Waals surface area contributed by atoms with Crippen LogP contribution in [-0.2, 0) is 12.6 Å². The molecule has 0 bridgehead atoms. The summed E-state index contributed by atoms with van der Waals surface area (Å²) in [6.07, 6.45) is -1.03. The van der Waals surface area contributed by atoms with Gasteiger partial charge in [-0.3, -0.25) is 0 Å². The van der Waals surface area contributed by atoms with Gasteiger partial charge in [-0.05, 0) is 24.6 Å². The lowest BCUT2D eigenvalue weighted by Gasteiger charge is -2.11. The van der Waals surface area contributed by atoms with E-state index in [4.69, 9.17) is 5.11 Å². The third-order valence-electron chi connectivity index (χ3n) is 2.79. The Kier molecular flexibility index (Phi) is 3.52. The van der Waals surface area contributed by atoms with E-state index in [-0.39, 0.29) is 5.69 Å². The molecular formula is C13H11F3N2O2. The first-order valence-corrected chi connectivity index (χ1v) is 5.80. The molecule has 0 aliphatic rings. The van der Waals surface area contributed by atoms with E-state index in [1.807, 2.05) is 6.92 Å². The van der Waals surface area contributed by atoms with Gasteiger partial charge in [0, 0.05) is 11.9 Å². The predicted octanol–water partition coefficient (Wildman–Crippen LogP) is 3.15. The molecule has 20 heavy (non-hydrogen) atoms. The van der Waals surface area contributed by atoms with Crippen molar-refractivity contribution in [2.75, 3.05) is 0 Å². The molecule has 0 amide bonds. The summed E-state index contributed by atoms with van der Waals surface area (Å²) in [5.41, 5.74) is -0.593. The molecule has 2 aromatic rings. The van der Waals surface area contributed by atoms with Crippen molar-refractivity contribution >= 4 is 5.97 Å². The minimum absolute atomic E-state index is 0.115. The molecule has 1 heterocycles. The Labute approximate surface area is 112 Å². The number of carbonyl (C=O) groups is 1. The van der Waals surface area contributed by atoms with Crippen LogP contribution in [0.1, 0.15) is 28.5 Å². The SMILES string of the molecule is CCc1cn(-c2cc(C(=O)O)cc(C(F)(F)F)c2)cn1. The minimum Gasteiger partial charge on any atom is -0.478 e. The van der Waals surface area contributed by atoms with Crippen LogP contribution in [0.4, 0.5) is 13.2 Å². The van der Waals surface area contributed by atoms with Crippen LogP contribution < -0.4 is 0 Å². The van der Waals surface area contributed by atoms with Gasteiger partial charge in [-0.25, -0.2) is 9.78 Å². The topological polar surface area (TPSA) is 55.1 Å². The van der Waals surface area contributed by atoms with Crippen LogP contribution in [0.2, 0.25) is 0 Å². The fourth-order valence-corrected chi connectivity index (χ4v) is 1.73. The zero-order valence-electron chi connectivity index (χ0n) is 10.5. The number of aryl methyl sites for hydroxylation is 1. The van der Waals surface area contributed by atoms with Crippen LogP contribution in [0.15, 0.2) is 30.7 Å². The second-order valence-corrected chi connectivity index (χ2v) is 4.20.